The molecule has 0 saturated carbocycles. The minimum absolute atomic E-state index is 0.191. The van der Waals surface area contributed by atoms with Crippen molar-refractivity contribution in [1.29, 1.82) is 0 Å². The number of carbonyl (C=O) groups is 1. The van der Waals surface area contributed by atoms with Crippen molar-refractivity contribution in [2.24, 2.45) is 0 Å². The fourth-order valence-electron chi connectivity index (χ4n) is 2.14. The SMILES string of the molecule is COCCCNC(=O)c1ccc(NCCc2ccc(F)cc2)cn1. The Balaban J connectivity index is 1.75. The molecule has 5 nitrogen and oxygen atoms in total. The maximum Gasteiger partial charge on any atom is 0.269 e. The van der Waals surface area contributed by atoms with Gasteiger partial charge in [0, 0.05) is 26.8 Å². The van der Waals surface area contributed by atoms with Gasteiger partial charge in [0.25, 0.3) is 5.91 Å². The number of nitrogens with one attached hydrogen (secondary N) is 2. The second-order valence-corrected chi connectivity index (χ2v) is 5.34. The van der Waals surface area contributed by atoms with Crippen molar-refractivity contribution in [2.75, 3.05) is 32.1 Å². The Morgan fingerprint density at radius 3 is 2.62 bits per heavy atom. The van der Waals surface area contributed by atoms with Crippen LogP contribution in [-0.2, 0) is 11.2 Å². The first-order chi connectivity index (χ1) is 11.7. The standard InChI is InChI=1S/C18H22FN3O2/c1-24-12-2-10-21-18(23)17-8-7-16(13-22-17)20-11-9-14-3-5-15(19)6-4-14/h3-8,13,20H,2,9-12H2,1H3,(H,21,23). The van der Waals surface area contributed by atoms with Crippen molar-refractivity contribution >= 4 is 11.6 Å². The molecule has 0 unspecified atom stereocenters. The van der Waals surface area contributed by atoms with E-state index < -0.39 is 0 Å². The zero-order chi connectivity index (χ0) is 17.2. The number of amides is 1. The summed E-state index contributed by atoms with van der Waals surface area (Å²) in [4.78, 5) is 16.0. The molecule has 0 saturated heterocycles. The quantitative estimate of drug-likeness (QED) is 0.694. The maximum atomic E-state index is 12.8. The van der Waals surface area contributed by atoms with Gasteiger partial charge in [0.1, 0.15) is 11.5 Å². The van der Waals surface area contributed by atoms with Crippen LogP contribution in [0.5, 0.6) is 0 Å². The van der Waals surface area contributed by atoms with Crippen molar-refractivity contribution in [3.63, 3.8) is 0 Å². The van der Waals surface area contributed by atoms with Crippen LogP contribution in [0.1, 0.15) is 22.5 Å². The van der Waals surface area contributed by atoms with Gasteiger partial charge in [-0.3, -0.25) is 4.79 Å². The Morgan fingerprint density at radius 2 is 1.96 bits per heavy atom. The fraction of sp³-hybridized carbons (Fsp3) is 0.333. The van der Waals surface area contributed by atoms with Gasteiger partial charge in [-0.05, 0) is 42.7 Å². The Morgan fingerprint density at radius 1 is 1.17 bits per heavy atom. The number of aromatic nitrogens is 1. The van der Waals surface area contributed by atoms with E-state index in [0.717, 1.165) is 24.1 Å². The Labute approximate surface area is 141 Å². The van der Waals surface area contributed by atoms with Crippen molar-refractivity contribution in [1.82, 2.24) is 10.3 Å². The van der Waals surface area contributed by atoms with E-state index in [9.17, 15) is 9.18 Å². The van der Waals surface area contributed by atoms with E-state index in [0.29, 0.717) is 25.4 Å². The first-order valence-corrected chi connectivity index (χ1v) is 7.90. The molecule has 0 aliphatic carbocycles. The van der Waals surface area contributed by atoms with Gasteiger partial charge in [0.05, 0.1) is 11.9 Å². The van der Waals surface area contributed by atoms with Crippen LogP contribution in [0.25, 0.3) is 0 Å². The number of hydrogen-bond acceptors (Lipinski definition) is 4. The Bertz CT molecular complexity index is 630. The van der Waals surface area contributed by atoms with Crippen LogP contribution >= 0.6 is 0 Å². The summed E-state index contributed by atoms with van der Waals surface area (Å²) < 4.78 is 17.8. The van der Waals surface area contributed by atoms with Crippen LogP contribution in [0.3, 0.4) is 0 Å². The molecule has 2 N–H and O–H groups in total. The van der Waals surface area contributed by atoms with Crippen molar-refractivity contribution in [3.8, 4) is 0 Å². The number of hydrogen-bond donors (Lipinski definition) is 2. The van der Waals surface area contributed by atoms with E-state index in [1.807, 2.05) is 6.07 Å². The fourth-order valence-corrected chi connectivity index (χ4v) is 2.14. The number of rotatable bonds is 9. The van der Waals surface area contributed by atoms with Gasteiger partial charge in [-0.25, -0.2) is 9.37 Å². The molecule has 0 atom stereocenters. The van der Waals surface area contributed by atoms with Gasteiger partial charge >= 0.3 is 0 Å². The third kappa shape index (κ3) is 5.96. The summed E-state index contributed by atoms with van der Waals surface area (Å²) in [6.07, 6.45) is 3.18. The molecule has 1 aromatic heterocycles. The molecule has 0 fully saturated rings. The van der Waals surface area contributed by atoms with Crippen LogP contribution in [-0.4, -0.2) is 37.7 Å². The molecule has 0 bridgehead atoms. The van der Waals surface area contributed by atoms with Crippen molar-refractivity contribution in [2.45, 2.75) is 12.8 Å². The summed E-state index contributed by atoms with van der Waals surface area (Å²) in [5, 5.41) is 6.02. The molecule has 1 heterocycles. The van der Waals surface area contributed by atoms with Crippen LogP contribution in [0.4, 0.5) is 10.1 Å². The van der Waals surface area contributed by atoms with E-state index in [1.54, 1.807) is 31.5 Å². The molecule has 1 amide bonds. The molecule has 0 aliphatic rings. The van der Waals surface area contributed by atoms with Gasteiger partial charge < -0.3 is 15.4 Å². The Hall–Kier alpha value is -2.47. The van der Waals surface area contributed by atoms with E-state index in [4.69, 9.17) is 4.74 Å². The topological polar surface area (TPSA) is 63.2 Å². The first-order valence-electron chi connectivity index (χ1n) is 7.90. The lowest BCUT2D eigenvalue weighted by molar-refractivity contribution is 0.0943. The highest BCUT2D eigenvalue weighted by Gasteiger charge is 2.06. The number of nitrogens with zero attached hydrogens (tertiary/aromatic N) is 1. The number of ether oxygens (including phenoxy) is 1. The van der Waals surface area contributed by atoms with Gasteiger partial charge in [-0.2, -0.15) is 0 Å². The molecule has 128 valence electrons. The molecule has 2 rings (SSSR count). The maximum absolute atomic E-state index is 12.8. The van der Waals surface area contributed by atoms with Crippen LogP contribution in [0.2, 0.25) is 0 Å². The van der Waals surface area contributed by atoms with E-state index >= 15 is 0 Å². The monoisotopic (exact) mass is 331 g/mol. The average Bonchev–Trinajstić information content (AvgIpc) is 2.61. The number of anilines is 1. The normalized spacial score (nSPS) is 10.4. The lowest BCUT2D eigenvalue weighted by atomic mass is 10.1. The summed E-state index contributed by atoms with van der Waals surface area (Å²) in [5.74, 6) is -0.420. The van der Waals surface area contributed by atoms with Crippen LogP contribution in [0, 0.1) is 5.82 Å². The summed E-state index contributed by atoms with van der Waals surface area (Å²) in [7, 11) is 1.63. The predicted molar refractivity (Wildman–Crippen MR) is 91.7 cm³/mol. The smallest absolute Gasteiger partial charge is 0.269 e. The third-order valence-corrected chi connectivity index (χ3v) is 3.46. The molecule has 6 heteroatoms. The highest BCUT2D eigenvalue weighted by atomic mass is 19.1. The zero-order valence-electron chi connectivity index (χ0n) is 13.7. The van der Waals surface area contributed by atoms with Crippen molar-refractivity contribution in [3.05, 3.63) is 59.7 Å². The second-order valence-electron chi connectivity index (χ2n) is 5.34. The molecular formula is C18H22FN3O2. The second kappa shape index (κ2) is 9.62. The van der Waals surface area contributed by atoms with E-state index in [2.05, 4.69) is 15.6 Å². The molecule has 0 radical (unpaired) electrons. The van der Waals surface area contributed by atoms with Crippen LogP contribution < -0.4 is 10.6 Å². The highest BCUT2D eigenvalue weighted by molar-refractivity contribution is 5.92. The zero-order valence-corrected chi connectivity index (χ0v) is 13.7. The third-order valence-electron chi connectivity index (χ3n) is 3.46. The molecule has 2 aromatic rings. The molecular weight excluding hydrogens is 309 g/mol. The van der Waals surface area contributed by atoms with Gasteiger partial charge in [-0.1, -0.05) is 12.1 Å². The summed E-state index contributed by atoms with van der Waals surface area (Å²) >= 11 is 0. The number of methoxy groups -OCH3 is 1. The lowest BCUT2D eigenvalue weighted by Gasteiger charge is -2.08. The minimum Gasteiger partial charge on any atom is -0.385 e. The predicted octanol–water partition coefficient (Wildman–Crippen LogP) is 2.64. The summed E-state index contributed by atoms with van der Waals surface area (Å²) in [6.45, 7) is 1.88. The minimum atomic E-state index is -0.230. The first kappa shape index (κ1) is 17.9. The number of halogens is 1. The number of pyridine rings is 1. The number of benzene rings is 1. The van der Waals surface area contributed by atoms with Gasteiger partial charge in [-0.15, -0.1) is 0 Å². The van der Waals surface area contributed by atoms with E-state index in [1.165, 1.54) is 12.1 Å². The van der Waals surface area contributed by atoms with Crippen LogP contribution in [0.15, 0.2) is 42.6 Å². The summed E-state index contributed by atoms with van der Waals surface area (Å²) in [6, 6.07) is 9.96. The largest absolute Gasteiger partial charge is 0.385 e. The summed E-state index contributed by atoms with van der Waals surface area (Å²) in [5.41, 5.74) is 2.29. The van der Waals surface area contributed by atoms with E-state index in [-0.39, 0.29) is 11.7 Å². The molecule has 0 aliphatic heterocycles. The Kier molecular flexibility index (Phi) is 7.17. The lowest BCUT2D eigenvalue weighted by Crippen LogP contribution is -2.26. The highest BCUT2D eigenvalue weighted by Crippen LogP contribution is 2.08. The molecule has 1 aromatic carbocycles. The average molecular weight is 331 g/mol. The number of carbonyl (C=O) groups excluding carboxylic acids is 1. The van der Waals surface area contributed by atoms with Gasteiger partial charge in [0.2, 0.25) is 0 Å². The molecule has 24 heavy (non-hydrogen) atoms. The van der Waals surface area contributed by atoms with Crippen molar-refractivity contribution < 1.29 is 13.9 Å². The van der Waals surface area contributed by atoms with Gasteiger partial charge in [0.15, 0.2) is 0 Å². The molecule has 0 spiro atoms.